The second kappa shape index (κ2) is 12.8. The van der Waals surface area contributed by atoms with Crippen molar-refractivity contribution in [1.29, 1.82) is 0 Å². The quantitative estimate of drug-likeness (QED) is 0.533. The minimum absolute atomic E-state index is 0.00914. The summed E-state index contributed by atoms with van der Waals surface area (Å²) in [6.45, 7) is 2.96. The highest BCUT2D eigenvalue weighted by molar-refractivity contribution is 5.76. The summed E-state index contributed by atoms with van der Waals surface area (Å²) < 4.78 is 24.0. The van der Waals surface area contributed by atoms with E-state index in [-0.39, 0.29) is 30.1 Å². The molecule has 1 aliphatic rings. The molecule has 33 heavy (non-hydrogen) atoms. The number of nitrogens with one attached hydrogen (secondary N) is 2. The van der Waals surface area contributed by atoms with E-state index in [1.165, 1.54) is 13.2 Å². The Kier molecular flexibility index (Phi) is 9.50. The van der Waals surface area contributed by atoms with Gasteiger partial charge in [0.05, 0.1) is 7.11 Å². The summed E-state index contributed by atoms with van der Waals surface area (Å²) in [7, 11) is 1.45. The fraction of sp³-hybridized carbons (Fsp3) is 0.440. The van der Waals surface area contributed by atoms with Gasteiger partial charge in [0.1, 0.15) is 6.61 Å². The molecule has 3 rings (SSSR count). The summed E-state index contributed by atoms with van der Waals surface area (Å²) in [6.07, 6.45) is 2.13. The molecule has 1 fully saturated rings. The summed E-state index contributed by atoms with van der Waals surface area (Å²) in [6, 6.07) is 14.6. The molecule has 0 radical (unpaired) electrons. The third-order valence-corrected chi connectivity index (χ3v) is 5.64. The number of methoxy groups -OCH3 is 1. The fourth-order valence-electron chi connectivity index (χ4n) is 3.82. The lowest BCUT2D eigenvalue weighted by Gasteiger charge is -2.32. The minimum Gasteiger partial charge on any atom is -0.494 e. The average molecular weight is 458 g/mol. The Balaban J connectivity index is 1.25. The van der Waals surface area contributed by atoms with E-state index < -0.39 is 6.09 Å². The van der Waals surface area contributed by atoms with Crippen molar-refractivity contribution in [3.63, 3.8) is 0 Å². The smallest absolute Gasteiger partial charge is 0.407 e. The van der Waals surface area contributed by atoms with Crippen LogP contribution in [0.1, 0.15) is 36.8 Å². The number of alkyl carbamates (subject to hydrolysis) is 1. The zero-order chi connectivity index (χ0) is 23.5. The molecular formula is C25H32FN3O4. The highest BCUT2D eigenvalue weighted by Gasteiger charge is 2.21. The number of nitrogens with zero attached hydrogens (tertiary/aromatic N) is 1. The van der Waals surface area contributed by atoms with E-state index in [9.17, 15) is 14.0 Å². The van der Waals surface area contributed by atoms with Gasteiger partial charge >= 0.3 is 6.09 Å². The zero-order valence-electron chi connectivity index (χ0n) is 19.0. The van der Waals surface area contributed by atoms with Crippen LogP contribution in [0.15, 0.2) is 48.5 Å². The summed E-state index contributed by atoms with van der Waals surface area (Å²) in [5.41, 5.74) is 1.83. The van der Waals surface area contributed by atoms with Crippen LogP contribution in [0.2, 0.25) is 0 Å². The Hall–Kier alpha value is -3.13. The Morgan fingerprint density at radius 1 is 1.09 bits per heavy atom. The van der Waals surface area contributed by atoms with Gasteiger partial charge < -0.3 is 20.1 Å². The van der Waals surface area contributed by atoms with Gasteiger partial charge in [0, 0.05) is 38.6 Å². The number of piperidine rings is 1. The van der Waals surface area contributed by atoms with Gasteiger partial charge in [-0.05, 0) is 42.5 Å². The fourth-order valence-corrected chi connectivity index (χ4v) is 3.82. The number of hydrogen-bond donors (Lipinski definition) is 2. The normalized spacial score (nSPS) is 14.5. The third-order valence-electron chi connectivity index (χ3n) is 5.64. The summed E-state index contributed by atoms with van der Waals surface area (Å²) in [5.74, 6) is -0.110. The molecule has 1 saturated heterocycles. The molecule has 0 spiro atoms. The van der Waals surface area contributed by atoms with E-state index >= 15 is 0 Å². The maximum atomic E-state index is 13.9. The van der Waals surface area contributed by atoms with Crippen molar-refractivity contribution in [2.45, 2.75) is 44.9 Å². The highest BCUT2D eigenvalue weighted by Crippen LogP contribution is 2.20. The van der Waals surface area contributed by atoms with Crippen molar-refractivity contribution in [2.24, 2.45) is 0 Å². The van der Waals surface area contributed by atoms with Crippen molar-refractivity contribution >= 4 is 12.0 Å². The number of rotatable bonds is 10. The van der Waals surface area contributed by atoms with Crippen LogP contribution in [0, 0.1) is 5.82 Å². The summed E-state index contributed by atoms with van der Waals surface area (Å²) >= 11 is 0. The number of halogens is 1. The molecule has 0 aliphatic carbocycles. The maximum absolute atomic E-state index is 13.9. The monoisotopic (exact) mass is 457 g/mol. The first-order chi connectivity index (χ1) is 16.0. The van der Waals surface area contributed by atoms with Gasteiger partial charge in [-0.2, -0.15) is 0 Å². The van der Waals surface area contributed by atoms with Gasteiger partial charge in [-0.15, -0.1) is 0 Å². The first-order valence-corrected chi connectivity index (χ1v) is 11.3. The highest BCUT2D eigenvalue weighted by atomic mass is 19.1. The molecule has 0 saturated carbocycles. The number of carbonyl (C=O) groups excluding carboxylic acids is 2. The van der Waals surface area contributed by atoms with Crippen molar-refractivity contribution in [2.75, 3.05) is 26.7 Å². The Morgan fingerprint density at radius 3 is 2.55 bits per heavy atom. The molecule has 2 N–H and O–H groups in total. The Morgan fingerprint density at radius 2 is 1.85 bits per heavy atom. The number of amides is 2. The van der Waals surface area contributed by atoms with Crippen molar-refractivity contribution in [3.8, 4) is 5.75 Å². The second-order valence-corrected chi connectivity index (χ2v) is 8.18. The first-order valence-electron chi connectivity index (χ1n) is 11.3. The van der Waals surface area contributed by atoms with Crippen molar-refractivity contribution in [1.82, 2.24) is 15.5 Å². The van der Waals surface area contributed by atoms with Crippen LogP contribution in [0.3, 0.4) is 0 Å². The van der Waals surface area contributed by atoms with E-state index in [4.69, 9.17) is 9.47 Å². The van der Waals surface area contributed by atoms with Gasteiger partial charge in [-0.3, -0.25) is 9.69 Å². The molecule has 0 aromatic heterocycles. The van der Waals surface area contributed by atoms with Gasteiger partial charge in [0.15, 0.2) is 11.6 Å². The van der Waals surface area contributed by atoms with E-state index in [0.717, 1.165) is 37.1 Å². The van der Waals surface area contributed by atoms with Crippen LogP contribution in [0.5, 0.6) is 5.75 Å². The van der Waals surface area contributed by atoms with E-state index in [1.54, 1.807) is 6.07 Å². The van der Waals surface area contributed by atoms with E-state index in [0.29, 0.717) is 25.9 Å². The molecule has 2 aromatic carbocycles. The molecule has 1 aliphatic heterocycles. The van der Waals surface area contributed by atoms with Crippen LogP contribution in [-0.4, -0.2) is 49.7 Å². The number of likely N-dealkylation sites (tertiary alicyclic amines) is 1. The summed E-state index contributed by atoms with van der Waals surface area (Å²) in [5, 5.41) is 5.75. The predicted molar refractivity (Wildman–Crippen MR) is 123 cm³/mol. The number of hydrogen-bond acceptors (Lipinski definition) is 5. The molecule has 7 nitrogen and oxygen atoms in total. The average Bonchev–Trinajstić information content (AvgIpc) is 2.82. The van der Waals surface area contributed by atoms with Crippen LogP contribution < -0.4 is 15.4 Å². The molecule has 0 bridgehead atoms. The first kappa shape index (κ1) is 24.5. The maximum Gasteiger partial charge on any atom is 0.407 e. The van der Waals surface area contributed by atoms with Gasteiger partial charge in [0.2, 0.25) is 5.91 Å². The lowest BCUT2D eigenvalue weighted by Crippen LogP contribution is -2.44. The number of carbonyl (C=O) groups is 2. The predicted octanol–water partition coefficient (Wildman–Crippen LogP) is 3.62. The minimum atomic E-state index is -0.483. The Labute approximate surface area is 194 Å². The summed E-state index contributed by atoms with van der Waals surface area (Å²) in [4.78, 5) is 26.2. The number of ether oxygens (including phenoxy) is 2. The standard InChI is InChI=1S/C25H32FN3O4/c1-32-23-10-9-20(16-22(23)26)17-29-14-11-21(12-15-29)28-24(30)8-5-13-27-25(31)33-18-19-6-3-2-4-7-19/h2-4,6-7,9-10,16,21H,5,8,11-15,17-18H2,1H3,(H,27,31)(H,28,30). The SMILES string of the molecule is COc1ccc(CN2CCC(NC(=O)CCCNC(=O)OCc3ccccc3)CC2)cc1F. The molecule has 178 valence electrons. The van der Waals surface area contributed by atoms with Crippen LogP contribution in [-0.2, 0) is 22.7 Å². The van der Waals surface area contributed by atoms with E-state index in [2.05, 4.69) is 15.5 Å². The molecule has 8 heteroatoms. The largest absolute Gasteiger partial charge is 0.494 e. The van der Waals surface area contributed by atoms with Crippen LogP contribution in [0.25, 0.3) is 0 Å². The molecule has 0 unspecified atom stereocenters. The molecule has 0 atom stereocenters. The molecule has 1 heterocycles. The van der Waals surface area contributed by atoms with Crippen molar-refractivity contribution < 1.29 is 23.5 Å². The van der Waals surface area contributed by atoms with Crippen LogP contribution >= 0.6 is 0 Å². The molecule has 2 amide bonds. The van der Waals surface area contributed by atoms with Gasteiger partial charge in [-0.1, -0.05) is 36.4 Å². The van der Waals surface area contributed by atoms with E-state index in [1.807, 2.05) is 36.4 Å². The second-order valence-electron chi connectivity index (χ2n) is 8.18. The van der Waals surface area contributed by atoms with Gasteiger partial charge in [-0.25, -0.2) is 9.18 Å². The molecule has 2 aromatic rings. The third kappa shape index (κ3) is 8.38. The topological polar surface area (TPSA) is 79.9 Å². The lowest BCUT2D eigenvalue weighted by molar-refractivity contribution is -0.122. The van der Waals surface area contributed by atoms with Crippen molar-refractivity contribution in [3.05, 3.63) is 65.5 Å². The van der Waals surface area contributed by atoms with Gasteiger partial charge in [0.25, 0.3) is 0 Å². The lowest BCUT2D eigenvalue weighted by atomic mass is 10.0. The Bertz CT molecular complexity index is 902. The zero-order valence-corrected chi connectivity index (χ0v) is 19.0. The number of benzene rings is 2. The molecular weight excluding hydrogens is 425 g/mol. The van der Waals surface area contributed by atoms with Crippen LogP contribution in [0.4, 0.5) is 9.18 Å².